The minimum absolute atomic E-state index is 0.0406. The normalized spacial score (nSPS) is 24.3. The molecule has 3 saturated heterocycles. The van der Waals surface area contributed by atoms with Crippen LogP contribution in [0.3, 0.4) is 0 Å². The first-order chi connectivity index (χ1) is 19.8. The predicted molar refractivity (Wildman–Crippen MR) is 156 cm³/mol. The number of pyridine rings is 1. The van der Waals surface area contributed by atoms with E-state index in [1.807, 2.05) is 42.5 Å². The third-order valence-corrected chi connectivity index (χ3v) is 10.1. The summed E-state index contributed by atoms with van der Waals surface area (Å²) < 4.78 is 27.6. The standard InChI is InChI=1S/C30H33N7O3S/c1-41(39,40)27-26(20-14-21-10-11-22(15-20)36(21)30(38)25-8-5-13-32-25)35-29-23(17-34-37(29)28(27)31)19-9-12-24(33-16-19)18-6-3-2-4-7-18/h2-4,6-7,9,12,16-17,20-22,25,32H,5,8,10-11,13-15,31H2,1H3/t20-,21+,22-,25-/m1/s1. The zero-order valence-electron chi connectivity index (χ0n) is 22.9. The number of aromatic nitrogens is 4. The number of nitrogen functional groups attached to an aromatic ring is 1. The van der Waals surface area contributed by atoms with E-state index in [0.717, 1.165) is 54.6 Å². The average molecular weight is 572 g/mol. The summed E-state index contributed by atoms with van der Waals surface area (Å²) in [5.74, 6) is 0.115. The Balaban J connectivity index is 1.27. The van der Waals surface area contributed by atoms with Crippen LogP contribution in [0.2, 0.25) is 0 Å². The highest BCUT2D eigenvalue weighted by atomic mass is 32.2. The molecule has 4 aromatic rings. The number of anilines is 1. The lowest BCUT2D eigenvalue weighted by atomic mass is 9.87. The molecule has 3 aliphatic rings. The second-order valence-electron chi connectivity index (χ2n) is 11.5. The monoisotopic (exact) mass is 571 g/mol. The molecule has 0 radical (unpaired) electrons. The van der Waals surface area contributed by atoms with Crippen molar-refractivity contribution in [1.29, 1.82) is 0 Å². The number of carbonyl (C=O) groups is 1. The molecule has 3 aliphatic heterocycles. The zero-order valence-corrected chi connectivity index (χ0v) is 23.7. The van der Waals surface area contributed by atoms with Crippen LogP contribution in [0.15, 0.2) is 59.8 Å². The Bertz CT molecular complexity index is 1720. The van der Waals surface area contributed by atoms with Gasteiger partial charge in [-0.15, -0.1) is 0 Å². The number of carbonyl (C=O) groups excluding carboxylic acids is 1. The number of rotatable bonds is 5. The molecule has 4 atom stereocenters. The van der Waals surface area contributed by atoms with E-state index >= 15 is 0 Å². The van der Waals surface area contributed by atoms with E-state index in [4.69, 9.17) is 10.7 Å². The van der Waals surface area contributed by atoms with Crippen molar-refractivity contribution in [2.75, 3.05) is 18.5 Å². The molecular formula is C30H33N7O3S. The van der Waals surface area contributed by atoms with Crippen LogP contribution in [0.25, 0.3) is 28.0 Å². The molecule has 3 N–H and O–H groups in total. The van der Waals surface area contributed by atoms with Crippen LogP contribution in [0.1, 0.15) is 50.1 Å². The molecule has 10 nitrogen and oxygen atoms in total. The van der Waals surface area contributed by atoms with Gasteiger partial charge < -0.3 is 16.0 Å². The van der Waals surface area contributed by atoms with E-state index in [9.17, 15) is 13.2 Å². The highest BCUT2D eigenvalue weighted by Gasteiger charge is 2.47. The fourth-order valence-corrected chi connectivity index (χ4v) is 8.11. The van der Waals surface area contributed by atoms with Crippen molar-refractivity contribution in [3.05, 3.63) is 60.6 Å². The second kappa shape index (κ2) is 9.92. The smallest absolute Gasteiger partial charge is 0.240 e. The van der Waals surface area contributed by atoms with Gasteiger partial charge in [-0.1, -0.05) is 36.4 Å². The van der Waals surface area contributed by atoms with Gasteiger partial charge in [0.15, 0.2) is 15.5 Å². The number of hydrogen-bond acceptors (Lipinski definition) is 8. The number of nitrogens with one attached hydrogen (secondary N) is 1. The Kier molecular flexibility index (Phi) is 6.31. The Morgan fingerprint density at radius 1 is 1.00 bits per heavy atom. The summed E-state index contributed by atoms with van der Waals surface area (Å²) >= 11 is 0. The molecule has 1 amide bonds. The number of fused-ring (bicyclic) bond motifs is 3. The molecular weight excluding hydrogens is 538 g/mol. The summed E-state index contributed by atoms with van der Waals surface area (Å²) in [6.45, 7) is 0.876. The van der Waals surface area contributed by atoms with E-state index in [2.05, 4.69) is 20.3 Å². The minimum atomic E-state index is -3.71. The number of sulfone groups is 1. The summed E-state index contributed by atoms with van der Waals surface area (Å²) in [4.78, 5) is 25.1. The summed E-state index contributed by atoms with van der Waals surface area (Å²) in [7, 11) is -3.71. The lowest BCUT2D eigenvalue weighted by molar-refractivity contribution is -0.137. The molecule has 212 valence electrons. The van der Waals surface area contributed by atoms with E-state index in [1.54, 1.807) is 12.4 Å². The first-order valence-electron chi connectivity index (χ1n) is 14.2. The summed E-state index contributed by atoms with van der Waals surface area (Å²) in [5.41, 5.74) is 10.9. The van der Waals surface area contributed by atoms with E-state index in [1.165, 1.54) is 10.8 Å². The highest BCUT2D eigenvalue weighted by Crippen LogP contribution is 2.45. The van der Waals surface area contributed by atoms with Gasteiger partial charge in [0.1, 0.15) is 10.7 Å². The number of hydrogen-bond donors (Lipinski definition) is 2. The Morgan fingerprint density at radius 2 is 1.76 bits per heavy atom. The van der Waals surface area contributed by atoms with Gasteiger partial charge in [-0.3, -0.25) is 9.78 Å². The molecule has 0 aliphatic carbocycles. The summed E-state index contributed by atoms with van der Waals surface area (Å²) in [5, 5.41) is 7.77. The molecule has 1 aromatic carbocycles. The molecule has 0 saturated carbocycles. The van der Waals surface area contributed by atoms with Gasteiger partial charge in [0, 0.05) is 47.1 Å². The van der Waals surface area contributed by atoms with Gasteiger partial charge in [-0.25, -0.2) is 13.4 Å². The predicted octanol–water partition coefficient (Wildman–Crippen LogP) is 3.43. The van der Waals surface area contributed by atoms with Crippen molar-refractivity contribution < 1.29 is 13.2 Å². The highest BCUT2D eigenvalue weighted by molar-refractivity contribution is 7.91. The molecule has 3 aromatic heterocycles. The van der Waals surface area contributed by atoms with Crippen LogP contribution in [-0.4, -0.2) is 69.7 Å². The topological polar surface area (TPSA) is 136 Å². The van der Waals surface area contributed by atoms with Crippen molar-refractivity contribution in [2.24, 2.45) is 0 Å². The van der Waals surface area contributed by atoms with Gasteiger partial charge in [0.05, 0.1) is 23.6 Å². The molecule has 11 heteroatoms. The third-order valence-electron chi connectivity index (χ3n) is 8.91. The van der Waals surface area contributed by atoms with Crippen molar-refractivity contribution in [3.63, 3.8) is 0 Å². The maximum absolute atomic E-state index is 13.4. The van der Waals surface area contributed by atoms with E-state index < -0.39 is 9.84 Å². The number of nitrogens with zero attached hydrogens (tertiary/aromatic N) is 5. The molecule has 3 fully saturated rings. The van der Waals surface area contributed by atoms with Crippen molar-refractivity contribution in [2.45, 2.75) is 67.5 Å². The first kappa shape index (κ1) is 26.1. The summed E-state index contributed by atoms with van der Waals surface area (Å²) in [6, 6.07) is 13.9. The number of benzene rings is 1. The van der Waals surface area contributed by atoms with Crippen molar-refractivity contribution in [1.82, 2.24) is 29.8 Å². The maximum Gasteiger partial charge on any atom is 0.240 e. The van der Waals surface area contributed by atoms with Crippen LogP contribution in [-0.2, 0) is 14.6 Å². The molecule has 0 unspecified atom stereocenters. The molecule has 6 heterocycles. The maximum atomic E-state index is 13.4. The lowest BCUT2D eigenvalue weighted by Gasteiger charge is -2.40. The van der Waals surface area contributed by atoms with E-state index in [-0.39, 0.29) is 40.7 Å². The van der Waals surface area contributed by atoms with Gasteiger partial charge >= 0.3 is 0 Å². The van der Waals surface area contributed by atoms with Crippen LogP contribution in [0.5, 0.6) is 0 Å². The third kappa shape index (κ3) is 4.47. The van der Waals surface area contributed by atoms with Gasteiger partial charge in [-0.05, 0) is 51.1 Å². The fourth-order valence-electron chi connectivity index (χ4n) is 7.05. The number of nitrogens with two attached hydrogens (primary N) is 1. The molecule has 0 spiro atoms. The molecule has 2 bridgehead atoms. The van der Waals surface area contributed by atoms with Crippen LogP contribution in [0, 0.1) is 0 Å². The Labute approximate surface area is 238 Å². The van der Waals surface area contributed by atoms with Gasteiger partial charge in [-0.2, -0.15) is 9.61 Å². The first-order valence-corrected chi connectivity index (χ1v) is 16.1. The van der Waals surface area contributed by atoms with Crippen LogP contribution >= 0.6 is 0 Å². The Hall–Kier alpha value is -3.83. The molecule has 7 rings (SSSR count). The minimum Gasteiger partial charge on any atom is -0.382 e. The quantitative estimate of drug-likeness (QED) is 0.372. The lowest BCUT2D eigenvalue weighted by Crippen LogP contribution is -2.52. The zero-order chi connectivity index (χ0) is 28.3. The SMILES string of the molecule is CS(=O)(=O)c1c([C@H]2C[C@H]3CC[C@@H](C2)N3C(=O)[C@H]2CCCN2)nc2c(-c3ccc(-c4ccccc4)nc3)cnn2c1N. The van der Waals surface area contributed by atoms with Gasteiger partial charge in [0.2, 0.25) is 5.91 Å². The molecule has 41 heavy (non-hydrogen) atoms. The van der Waals surface area contributed by atoms with Crippen molar-refractivity contribution >= 4 is 27.2 Å². The van der Waals surface area contributed by atoms with Crippen molar-refractivity contribution in [3.8, 4) is 22.4 Å². The largest absolute Gasteiger partial charge is 0.382 e. The number of piperidine rings is 1. The van der Waals surface area contributed by atoms with Gasteiger partial charge in [0.25, 0.3) is 0 Å². The average Bonchev–Trinajstić information content (AvgIpc) is 3.71. The van der Waals surface area contributed by atoms with E-state index in [0.29, 0.717) is 24.2 Å². The summed E-state index contributed by atoms with van der Waals surface area (Å²) in [6.07, 6.45) is 9.67. The Morgan fingerprint density at radius 3 is 2.39 bits per heavy atom. The van der Waals surface area contributed by atoms with Crippen LogP contribution in [0.4, 0.5) is 5.82 Å². The second-order valence-corrected chi connectivity index (χ2v) is 13.5. The van der Waals surface area contributed by atoms with Crippen LogP contribution < -0.4 is 11.1 Å². The fraction of sp³-hybridized carbons (Fsp3) is 0.400. The number of amides is 1.